The molecule has 1 unspecified atom stereocenters. The van der Waals surface area contributed by atoms with Crippen LogP contribution in [-0.4, -0.2) is 65.6 Å². The second kappa shape index (κ2) is 9.40. The van der Waals surface area contributed by atoms with Crippen LogP contribution < -0.4 is 0 Å². The molecule has 8 nitrogen and oxygen atoms in total. The number of aromatic nitrogens is 1. The minimum atomic E-state index is -0.357. The molecule has 0 aliphatic carbocycles. The summed E-state index contributed by atoms with van der Waals surface area (Å²) in [6.07, 6.45) is 2.51. The van der Waals surface area contributed by atoms with E-state index in [-0.39, 0.29) is 30.0 Å². The van der Waals surface area contributed by atoms with Crippen LogP contribution in [0.25, 0.3) is 0 Å². The molecule has 2 aliphatic heterocycles. The van der Waals surface area contributed by atoms with Crippen molar-refractivity contribution in [3.63, 3.8) is 0 Å². The number of amides is 1. The van der Waals surface area contributed by atoms with Crippen LogP contribution >= 0.6 is 0 Å². The number of hydrogen-bond donors (Lipinski definition) is 0. The Labute approximate surface area is 175 Å². The van der Waals surface area contributed by atoms with Crippen LogP contribution in [0.3, 0.4) is 0 Å². The van der Waals surface area contributed by atoms with Gasteiger partial charge < -0.3 is 18.8 Å². The number of hydrogen-bond acceptors (Lipinski definition) is 7. The number of rotatable bonds is 6. The summed E-state index contributed by atoms with van der Waals surface area (Å²) in [6.45, 7) is 5.54. The van der Waals surface area contributed by atoms with Gasteiger partial charge in [0.15, 0.2) is 5.69 Å². The smallest absolute Gasteiger partial charge is 0.307 e. The molecule has 160 valence electrons. The maximum absolute atomic E-state index is 13.0. The molecular formula is C22H27N3O5. The summed E-state index contributed by atoms with van der Waals surface area (Å²) in [5, 5.41) is 0. The van der Waals surface area contributed by atoms with Crippen LogP contribution in [0.2, 0.25) is 0 Å². The van der Waals surface area contributed by atoms with Gasteiger partial charge in [0, 0.05) is 19.6 Å². The Morgan fingerprint density at radius 3 is 2.90 bits per heavy atom. The Morgan fingerprint density at radius 1 is 1.23 bits per heavy atom. The molecule has 0 saturated carbocycles. The van der Waals surface area contributed by atoms with Gasteiger partial charge in [-0.3, -0.25) is 14.5 Å². The number of carbonyl (C=O) groups excluding carboxylic acids is 2. The minimum absolute atomic E-state index is 0.109. The zero-order valence-electron chi connectivity index (χ0n) is 17.2. The number of esters is 1. The zero-order valence-corrected chi connectivity index (χ0v) is 17.2. The van der Waals surface area contributed by atoms with Crippen LogP contribution in [0.1, 0.15) is 40.9 Å². The number of benzene rings is 1. The van der Waals surface area contributed by atoms with Crippen molar-refractivity contribution in [2.24, 2.45) is 0 Å². The van der Waals surface area contributed by atoms with E-state index >= 15 is 0 Å². The van der Waals surface area contributed by atoms with Gasteiger partial charge in [0.25, 0.3) is 5.91 Å². The van der Waals surface area contributed by atoms with Crippen molar-refractivity contribution in [3.8, 4) is 0 Å². The van der Waals surface area contributed by atoms with E-state index in [0.717, 1.165) is 19.5 Å². The first-order chi connectivity index (χ1) is 14.6. The molecule has 2 aliphatic rings. The normalized spacial score (nSPS) is 19.4. The Kier molecular flexibility index (Phi) is 6.44. The Hall–Kier alpha value is -2.71. The lowest BCUT2D eigenvalue weighted by Gasteiger charge is -2.34. The van der Waals surface area contributed by atoms with Gasteiger partial charge in [-0.05, 0) is 24.5 Å². The number of oxazole rings is 1. The van der Waals surface area contributed by atoms with Crippen LogP contribution in [0.15, 0.2) is 34.9 Å². The second-order valence-electron chi connectivity index (χ2n) is 7.59. The molecule has 1 atom stereocenters. The van der Waals surface area contributed by atoms with Crippen LogP contribution in [0, 0.1) is 0 Å². The molecule has 0 spiro atoms. The van der Waals surface area contributed by atoms with Gasteiger partial charge in [0.1, 0.15) is 6.26 Å². The highest BCUT2D eigenvalue weighted by Gasteiger charge is 2.32. The molecule has 1 amide bonds. The summed E-state index contributed by atoms with van der Waals surface area (Å²) in [5.74, 6) is -0.0588. The van der Waals surface area contributed by atoms with Crippen LogP contribution in [-0.2, 0) is 33.8 Å². The first-order valence-corrected chi connectivity index (χ1v) is 10.4. The van der Waals surface area contributed by atoms with Crippen LogP contribution in [0.5, 0.6) is 0 Å². The highest BCUT2D eigenvalue weighted by Crippen LogP contribution is 2.21. The van der Waals surface area contributed by atoms with Gasteiger partial charge in [-0.1, -0.05) is 24.3 Å². The lowest BCUT2D eigenvalue weighted by atomic mass is 10.00. The first-order valence-electron chi connectivity index (χ1n) is 10.4. The van der Waals surface area contributed by atoms with E-state index in [2.05, 4.69) is 34.1 Å². The standard InChI is InChI=1S/C22H27N3O5/c1-2-29-21(26)11-18-14-28-10-9-25(18)22(27)19-15-30-20(23-19)13-24-8-7-16-5-3-4-6-17(16)12-24/h3-6,15,18H,2,7-14H2,1H3. The van der Waals surface area contributed by atoms with Crippen molar-refractivity contribution in [1.29, 1.82) is 0 Å². The van der Waals surface area contributed by atoms with Crippen molar-refractivity contribution < 1.29 is 23.5 Å². The fourth-order valence-electron chi connectivity index (χ4n) is 4.01. The lowest BCUT2D eigenvalue weighted by molar-refractivity contribution is -0.145. The minimum Gasteiger partial charge on any atom is -0.466 e. The fraction of sp³-hybridized carbons (Fsp3) is 0.500. The number of fused-ring (bicyclic) bond motifs is 1. The predicted molar refractivity (Wildman–Crippen MR) is 108 cm³/mol. The topological polar surface area (TPSA) is 85.1 Å². The summed E-state index contributed by atoms with van der Waals surface area (Å²) < 4.78 is 16.1. The molecule has 1 aromatic carbocycles. The largest absolute Gasteiger partial charge is 0.466 e. The van der Waals surface area contributed by atoms with Gasteiger partial charge in [0.05, 0.1) is 38.8 Å². The van der Waals surface area contributed by atoms with Gasteiger partial charge >= 0.3 is 5.97 Å². The SMILES string of the molecule is CCOC(=O)CC1COCCN1C(=O)c1coc(CN2CCc3ccccc3C2)n1. The summed E-state index contributed by atoms with van der Waals surface area (Å²) in [5.41, 5.74) is 2.97. The van der Waals surface area contributed by atoms with E-state index in [0.29, 0.717) is 38.8 Å². The van der Waals surface area contributed by atoms with E-state index in [9.17, 15) is 9.59 Å². The van der Waals surface area contributed by atoms with Gasteiger partial charge in [-0.2, -0.15) is 0 Å². The molecule has 0 bridgehead atoms. The predicted octanol–water partition coefficient (Wildman–Crippen LogP) is 2.03. The molecule has 0 N–H and O–H groups in total. The molecule has 1 fully saturated rings. The van der Waals surface area contributed by atoms with Gasteiger partial charge in [-0.25, -0.2) is 4.98 Å². The Bertz CT molecular complexity index is 896. The van der Waals surface area contributed by atoms with Crippen molar-refractivity contribution in [2.75, 3.05) is 32.9 Å². The maximum atomic E-state index is 13.0. The third-order valence-corrected chi connectivity index (χ3v) is 5.54. The van der Waals surface area contributed by atoms with Gasteiger partial charge in [-0.15, -0.1) is 0 Å². The lowest BCUT2D eigenvalue weighted by Crippen LogP contribution is -2.49. The molecule has 3 heterocycles. The molecule has 8 heteroatoms. The van der Waals surface area contributed by atoms with Crippen molar-refractivity contribution in [1.82, 2.24) is 14.8 Å². The van der Waals surface area contributed by atoms with Crippen molar-refractivity contribution in [3.05, 3.63) is 53.2 Å². The molecular weight excluding hydrogens is 386 g/mol. The third-order valence-electron chi connectivity index (χ3n) is 5.54. The number of carbonyl (C=O) groups is 2. The number of morpholine rings is 1. The second-order valence-corrected chi connectivity index (χ2v) is 7.59. The van der Waals surface area contributed by atoms with Crippen LogP contribution in [0.4, 0.5) is 0 Å². The van der Waals surface area contributed by atoms with E-state index < -0.39 is 0 Å². The molecule has 30 heavy (non-hydrogen) atoms. The van der Waals surface area contributed by atoms with E-state index in [1.165, 1.54) is 17.4 Å². The number of ether oxygens (including phenoxy) is 2. The molecule has 4 rings (SSSR count). The quantitative estimate of drug-likeness (QED) is 0.670. The van der Waals surface area contributed by atoms with E-state index in [1.807, 2.05) is 0 Å². The highest BCUT2D eigenvalue weighted by molar-refractivity contribution is 5.92. The fourth-order valence-corrected chi connectivity index (χ4v) is 4.01. The van der Waals surface area contributed by atoms with E-state index in [4.69, 9.17) is 13.9 Å². The Morgan fingerprint density at radius 2 is 2.07 bits per heavy atom. The third kappa shape index (κ3) is 4.71. The molecule has 1 aromatic heterocycles. The van der Waals surface area contributed by atoms with E-state index in [1.54, 1.807) is 11.8 Å². The molecule has 0 radical (unpaired) electrons. The monoisotopic (exact) mass is 413 g/mol. The summed E-state index contributed by atoms with van der Waals surface area (Å²) >= 11 is 0. The summed E-state index contributed by atoms with van der Waals surface area (Å²) in [6, 6.07) is 8.09. The highest BCUT2D eigenvalue weighted by atomic mass is 16.5. The molecule has 2 aromatic rings. The maximum Gasteiger partial charge on any atom is 0.307 e. The average Bonchev–Trinajstić information content (AvgIpc) is 3.22. The zero-order chi connectivity index (χ0) is 20.9. The summed E-state index contributed by atoms with van der Waals surface area (Å²) in [4.78, 5) is 33.2. The average molecular weight is 413 g/mol. The van der Waals surface area contributed by atoms with Crippen molar-refractivity contribution >= 4 is 11.9 Å². The molecule has 1 saturated heterocycles. The van der Waals surface area contributed by atoms with Crippen molar-refractivity contribution in [2.45, 2.75) is 38.9 Å². The Balaban J connectivity index is 1.39. The number of nitrogens with zero attached hydrogens (tertiary/aromatic N) is 3. The van der Waals surface area contributed by atoms with Gasteiger partial charge in [0.2, 0.25) is 5.89 Å². The summed E-state index contributed by atoms with van der Waals surface area (Å²) in [7, 11) is 0. The first kappa shape index (κ1) is 20.6.